The van der Waals surface area contributed by atoms with Crippen molar-refractivity contribution in [3.05, 3.63) is 65.3 Å². The second-order valence-electron chi connectivity index (χ2n) is 7.29. The third-order valence-corrected chi connectivity index (χ3v) is 5.14. The van der Waals surface area contributed by atoms with Gasteiger partial charge in [0.1, 0.15) is 11.4 Å². The zero-order valence-electron chi connectivity index (χ0n) is 16.4. The Kier molecular flexibility index (Phi) is 4.64. The van der Waals surface area contributed by atoms with E-state index in [2.05, 4.69) is 40.8 Å². The number of nitrogens with one attached hydrogen (secondary N) is 3. The van der Waals surface area contributed by atoms with Crippen molar-refractivity contribution in [3.63, 3.8) is 0 Å². The molecule has 3 aromatic rings. The molecule has 1 aliphatic heterocycles. The Balaban J connectivity index is 1.60. The Morgan fingerprint density at radius 1 is 1.17 bits per heavy atom. The molecule has 1 fully saturated rings. The van der Waals surface area contributed by atoms with Gasteiger partial charge in [0.15, 0.2) is 5.82 Å². The van der Waals surface area contributed by atoms with Crippen molar-refractivity contribution in [1.82, 2.24) is 35.7 Å². The summed E-state index contributed by atoms with van der Waals surface area (Å²) in [4.78, 5) is 33.2. The first-order valence-corrected chi connectivity index (χ1v) is 9.79. The van der Waals surface area contributed by atoms with Crippen molar-refractivity contribution < 1.29 is 4.79 Å². The van der Waals surface area contributed by atoms with Crippen molar-refractivity contribution in [2.24, 2.45) is 5.10 Å². The smallest absolute Gasteiger partial charge is 0.273 e. The maximum absolute atomic E-state index is 12.5. The highest BCUT2D eigenvalue weighted by Crippen LogP contribution is 2.31. The Morgan fingerprint density at radius 2 is 2.00 bits per heavy atom. The van der Waals surface area contributed by atoms with Crippen LogP contribution in [-0.4, -0.2) is 42.6 Å². The maximum atomic E-state index is 12.5. The second kappa shape index (κ2) is 7.60. The predicted octanol–water partition coefficient (Wildman–Crippen LogP) is 1.74. The SMILES string of the molecule is Cc1[nH]c(C=C2C(=O)NN=C2c2cnccn2)c(-c2ncccn2)c1CNC1CC1. The average molecular weight is 400 g/mol. The van der Waals surface area contributed by atoms with Gasteiger partial charge in [-0.25, -0.2) is 15.4 Å². The van der Waals surface area contributed by atoms with E-state index in [0.717, 1.165) is 22.5 Å². The number of amides is 1. The summed E-state index contributed by atoms with van der Waals surface area (Å²) in [5.74, 6) is 0.318. The largest absolute Gasteiger partial charge is 0.358 e. The molecule has 0 bridgehead atoms. The molecule has 0 spiro atoms. The van der Waals surface area contributed by atoms with E-state index in [9.17, 15) is 4.79 Å². The van der Waals surface area contributed by atoms with E-state index in [4.69, 9.17) is 0 Å². The number of hydrogen-bond acceptors (Lipinski definition) is 7. The molecule has 3 aromatic heterocycles. The van der Waals surface area contributed by atoms with Gasteiger partial charge in [0.25, 0.3) is 5.91 Å². The molecule has 5 rings (SSSR count). The van der Waals surface area contributed by atoms with E-state index in [1.165, 1.54) is 12.8 Å². The Labute approximate surface area is 172 Å². The minimum Gasteiger partial charge on any atom is -0.358 e. The van der Waals surface area contributed by atoms with Crippen LogP contribution < -0.4 is 10.7 Å². The molecule has 2 aliphatic rings. The van der Waals surface area contributed by atoms with Crippen molar-refractivity contribution >= 4 is 17.7 Å². The fourth-order valence-corrected chi connectivity index (χ4v) is 3.47. The van der Waals surface area contributed by atoms with Crippen LogP contribution in [0.4, 0.5) is 0 Å². The van der Waals surface area contributed by atoms with E-state index >= 15 is 0 Å². The molecule has 1 amide bonds. The number of aromatic amines is 1. The van der Waals surface area contributed by atoms with Crippen LogP contribution in [0.1, 0.15) is 35.5 Å². The lowest BCUT2D eigenvalue weighted by Crippen LogP contribution is -2.16. The number of carbonyl (C=O) groups is 1. The van der Waals surface area contributed by atoms with E-state index in [1.54, 1.807) is 43.1 Å². The van der Waals surface area contributed by atoms with Crippen LogP contribution in [0.25, 0.3) is 17.5 Å². The van der Waals surface area contributed by atoms with E-state index in [0.29, 0.717) is 35.4 Å². The molecule has 1 aliphatic carbocycles. The van der Waals surface area contributed by atoms with Crippen LogP contribution in [0.15, 0.2) is 47.7 Å². The molecule has 9 heteroatoms. The number of H-pyrrole nitrogens is 1. The molecule has 150 valence electrons. The quantitative estimate of drug-likeness (QED) is 0.542. The highest BCUT2D eigenvalue weighted by Gasteiger charge is 2.28. The molecule has 30 heavy (non-hydrogen) atoms. The van der Waals surface area contributed by atoms with Gasteiger partial charge in [-0.1, -0.05) is 0 Å². The normalized spacial score (nSPS) is 17.3. The summed E-state index contributed by atoms with van der Waals surface area (Å²) in [6.45, 7) is 2.73. The van der Waals surface area contributed by atoms with E-state index < -0.39 is 0 Å². The Bertz CT molecular complexity index is 1150. The maximum Gasteiger partial charge on any atom is 0.273 e. The average Bonchev–Trinajstić information content (AvgIpc) is 3.46. The van der Waals surface area contributed by atoms with Crippen molar-refractivity contribution in [2.75, 3.05) is 0 Å². The van der Waals surface area contributed by atoms with Gasteiger partial charge in [0.05, 0.1) is 17.5 Å². The molecule has 4 heterocycles. The van der Waals surface area contributed by atoms with Gasteiger partial charge in [-0.2, -0.15) is 5.10 Å². The van der Waals surface area contributed by atoms with Crippen LogP contribution in [0.2, 0.25) is 0 Å². The zero-order chi connectivity index (χ0) is 20.5. The van der Waals surface area contributed by atoms with Crippen LogP contribution >= 0.6 is 0 Å². The number of nitrogens with zero attached hydrogens (tertiary/aromatic N) is 5. The second-order valence-corrected chi connectivity index (χ2v) is 7.29. The lowest BCUT2D eigenvalue weighted by molar-refractivity contribution is -0.116. The summed E-state index contributed by atoms with van der Waals surface area (Å²) in [6.07, 6.45) is 12.4. The van der Waals surface area contributed by atoms with E-state index in [-0.39, 0.29) is 5.91 Å². The Hall–Kier alpha value is -3.72. The summed E-state index contributed by atoms with van der Waals surface area (Å²) < 4.78 is 0. The number of rotatable bonds is 6. The first-order valence-electron chi connectivity index (χ1n) is 9.79. The lowest BCUT2D eigenvalue weighted by atomic mass is 10.0. The molecule has 3 N–H and O–H groups in total. The first-order chi connectivity index (χ1) is 14.7. The molecular weight excluding hydrogens is 380 g/mol. The van der Waals surface area contributed by atoms with Gasteiger partial charge in [-0.3, -0.25) is 14.8 Å². The monoisotopic (exact) mass is 400 g/mol. The molecular formula is C21H20N8O. The van der Waals surface area contributed by atoms with Crippen LogP contribution in [0.5, 0.6) is 0 Å². The molecule has 0 radical (unpaired) electrons. The topological polar surface area (TPSA) is 121 Å². The highest BCUT2D eigenvalue weighted by molar-refractivity contribution is 6.32. The minimum absolute atomic E-state index is 0.291. The van der Waals surface area contributed by atoms with Gasteiger partial charge >= 0.3 is 0 Å². The van der Waals surface area contributed by atoms with Crippen molar-refractivity contribution in [2.45, 2.75) is 32.4 Å². The summed E-state index contributed by atoms with van der Waals surface area (Å²) >= 11 is 0. The van der Waals surface area contributed by atoms with Gasteiger partial charge < -0.3 is 10.3 Å². The number of carbonyl (C=O) groups excluding carboxylic acids is 1. The number of aromatic nitrogens is 5. The molecule has 0 saturated heterocycles. The fraction of sp³-hybridized carbons (Fsp3) is 0.238. The van der Waals surface area contributed by atoms with Crippen molar-refractivity contribution in [3.8, 4) is 11.4 Å². The highest BCUT2D eigenvalue weighted by atomic mass is 16.2. The standard InChI is InChI=1S/C21H20N8O/c1-12-15(10-26-13-3-4-13)18(20-24-5-2-6-25-20)16(27-12)9-14-19(28-29-21(14)30)17-11-22-7-8-23-17/h2,5-9,11,13,26-27H,3-4,10H2,1H3,(H,29,30). The number of hydrazone groups is 1. The molecule has 0 atom stereocenters. The third-order valence-electron chi connectivity index (χ3n) is 5.14. The summed E-state index contributed by atoms with van der Waals surface area (Å²) in [6, 6.07) is 2.36. The van der Waals surface area contributed by atoms with Gasteiger partial charge in [0.2, 0.25) is 0 Å². The molecule has 1 saturated carbocycles. The first kappa shape index (κ1) is 18.3. The fourth-order valence-electron chi connectivity index (χ4n) is 3.47. The van der Waals surface area contributed by atoms with Crippen LogP contribution in [0, 0.1) is 6.92 Å². The summed E-state index contributed by atoms with van der Waals surface area (Å²) in [5, 5.41) is 7.71. The predicted molar refractivity (Wildman–Crippen MR) is 111 cm³/mol. The molecule has 9 nitrogen and oxygen atoms in total. The van der Waals surface area contributed by atoms with Crippen molar-refractivity contribution in [1.29, 1.82) is 0 Å². The zero-order valence-corrected chi connectivity index (χ0v) is 16.4. The Morgan fingerprint density at radius 3 is 2.73 bits per heavy atom. The van der Waals surface area contributed by atoms with Gasteiger partial charge in [0, 0.05) is 48.6 Å². The lowest BCUT2D eigenvalue weighted by Gasteiger charge is -2.07. The minimum atomic E-state index is -0.291. The van der Waals surface area contributed by atoms with Crippen LogP contribution in [0.3, 0.4) is 0 Å². The molecule has 0 unspecified atom stereocenters. The number of aryl methyl sites for hydroxylation is 1. The summed E-state index contributed by atoms with van der Waals surface area (Å²) in [5.41, 5.74) is 7.66. The van der Waals surface area contributed by atoms with Crippen LogP contribution in [-0.2, 0) is 11.3 Å². The third kappa shape index (κ3) is 3.50. The summed E-state index contributed by atoms with van der Waals surface area (Å²) in [7, 11) is 0. The van der Waals surface area contributed by atoms with Gasteiger partial charge in [-0.05, 0) is 37.5 Å². The number of hydrogen-bond donors (Lipinski definition) is 3. The van der Waals surface area contributed by atoms with E-state index in [1.807, 2.05) is 6.92 Å². The molecule has 0 aromatic carbocycles. The van der Waals surface area contributed by atoms with Gasteiger partial charge in [-0.15, -0.1) is 0 Å².